The van der Waals surface area contributed by atoms with Crippen molar-refractivity contribution in [3.8, 4) is 0 Å². The Labute approximate surface area is 183 Å². The van der Waals surface area contributed by atoms with E-state index < -0.39 is 6.10 Å². The van der Waals surface area contributed by atoms with Gasteiger partial charge in [0.15, 0.2) is 0 Å². The highest BCUT2D eigenvalue weighted by Gasteiger charge is 2.31. The summed E-state index contributed by atoms with van der Waals surface area (Å²) in [4.78, 5) is 19.4. The van der Waals surface area contributed by atoms with Crippen LogP contribution in [0.25, 0.3) is 0 Å². The van der Waals surface area contributed by atoms with Gasteiger partial charge in [-0.1, -0.05) is 0 Å². The summed E-state index contributed by atoms with van der Waals surface area (Å²) in [7, 11) is 0. The SMILES string of the molecule is O=C(c1ccc(F)cc1)N(CC1CC1)C[C@H]1CN(C[C@@H](O)CN2CCOCC2)CCO1. The van der Waals surface area contributed by atoms with Crippen molar-refractivity contribution in [2.24, 2.45) is 5.92 Å². The zero-order valence-electron chi connectivity index (χ0n) is 18.1. The minimum Gasteiger partial charge on any atom is -0.390 e. The number of carbonyl (C=O) groups is 1. The van der Waals surface area contributed by atoms with Crippen molar-refractivity contribution in [1.29, 1.82) is 0 Å². The zero-order valence-corrected chi connectivity index (χ0v) is 18.1. The highest BCUT2D eigenvalue weighted by Crippen LogP contribution is 2.30. The van der Waals surface area contributed by atoms with Crippen LogP contribution in [0.4, 0.5) is 4.39 Å². The highest BCUT2D eigenvalue weighted by atomic mass is 19.1. The Hall–Kier alpha value is -1.58. The van der Waals surface area contributed by atoms with E-state index in [2.05, 4.69) is 9.80 Å². The second kappa shape index (κ2) is 10.8. The lowest BCUT2D eigenvalue weighted by Gasteiger charge is -2.37. The van der Waals surface area contributed by atoms with Gasteiger partial charge in [-0.25, -0.2) is 4.39 Å². The van der Waals surface area contributed by atoms with Crippen LogP contribution in [0.5, 0.6) is 0 Å². The molecule has 2 atom stereocenters. The third kappa shape index (κ3) is 6.95. The Morgan fingerprint density at radius 1 is 1.06 bits per heavy atom. The van der Waals surface area contributed by atoms with Gasteiger partial charge in [0.25, 0.3) is 5.91 Å². The van der Waals surface area contributed by atoms with Gasteiger partial charge in [0.1, 0.15) is 5.82 Å². The molecule has 1 amide bonds. The van der Waals surface area contributed by atoms with Crippen molar-refractivity contribution >= 4 is 5.91 Å². The Bertz CT molecular complexity index is 709. The summed E-state index contributed by atoms with van der Waals surface area (Å²) in [6, 6.07) is 5.76. The molecule has 0 spiro atoms. The average Bonchev–Trinajstić information content (AvgIpc) is 3.58. The van der Waals surface area contributed by atoms with Crippen LogP contribution in [-0.2, 0) is 9.47 Å². The van der Waals surface area contributed by atoms with Crippen LogP contribution in [0.3, 0.4) is 0 Å². The van der Waals surface area contributed by atoms with Crippen molar-refractivity contribution < 1.29 is 23.8 Å². The second-order valence-corrected chi connectivity index (χ2v) is 8.98. The fourth-order valence-corrected chi connectivity index (χ4v) is 4.37. The van der Waals surface area contributed by atoms with Crippen LogP contribution in [-0.4, -0.2) is 110 Å². The first-order valence-corrected chi connectivity index (χ1v) is 11.4. The fourth-order valence-electron chi connectivity index (χ4n) is 4.37. The maximum atomic E-state index is 13.3. The lowest BCUT2D eigenvalue weighted by Crippen LogP contribution is -2.52. The second-order valence-electron chi connectivity index (χ2n) is 8.98. The Balaban J connectivity index is 1.30. The smallest absolute Gasteiger partial charge is 0.253 e. The quantitative estimate of drug-likeness (QED) is 0.626. The van der Waals surface area contributed by atoms with Crippen LogP contribution in [0, 0.1) is 11.7 Å². The van der Waals surface area contributed by atoms with Crippen LogP contribution in [0.15, 0.2) is 24.3 Å². The topological polar surface area (TPSA) is 65.5 Å². The number of aliphatic hydroxyl groups excluding tert-OH is 1. The van der Waals surface area contributed by atoms with Gasteiger partial charge in [0.05, 0.1) is 32.0 Å². The summed E-state index contributed by atoms with van der Waals surface area (Å²) >= 11 is 0. The van der Waals surface area contributed by atoms with E-state index in [-0.39, 0.29) is 17.8 Å². The molecule has 3 fully saturated rings. The normalized spacial score (nSPS) is 24.1. The molecule has 0 radical (unpaired) electrons. The molecular weight excluding hydrogens is 401 g/mol. The number of nitrogens with zero attached hydrogens (tertiary/aromatic N) is 3. The van der Waals surface area contributed by atoms with Gasteiger partial charge in [0.2, 0.25) is 0 Å². The third-order valence-corrected chi connectivity index (χ3v) is 6.24. The van der Waals surface area contributed by atoms with Gasteiger partial charge in [-0.3, -0.25) is 14.6 Å². The fraction of sp³-hybridized carbons (Fsp3) is 0.696. The van der Waals surface area contributed by atoms with E-state index >= 15 is 0 Å². The molecule has 2 aliphatic heterocycles. The molecule has 0 aromatic heterocycles. The van der Waals surface area contributed by atoms with Gasteiger partial charge in [0, 0.05) is 57.9 Å². The van der Waals surface area contributed by atoms with Crippen molar-refractivity contribution in [3.63, 3.8) is 0 Å². The van der Waals surface area contributed by atoms with Crippen molar-refractivity contribution in [2.75, 3.05) is 72.2 Å². The lowest BCUT2D eigenvalue weighted by atomic mass is 10.1. The maximum Gasteiger partial charge on any atom is 0.253 e. The Morgan fingerprint density at radius 2 is 1.74 bits per heavy atom. The molecule has 1 saturated carbocycles. The number of morpholine rings is 2. The summed E-state index contributed by atoms with van der Waals surface area (Å²) in [6.07, 6.45) is 1.80. The third-order valence-electron chi connectivity index (χ3n) is 6.24. The van der Waals surface area contributed by atoms with E-state index in [1.807, 2.05) is 4.90 Å². The number of β-amino-alcohol motifs (C(OH)–C–C–N with tert-alkyl or cyclic N) is 1. The minimum atomic E-state index is -0.416. The molecule has 1 aromatic carbocycles. The Morgan fingerprint density at radius 3 is 2.45 bits per heavy atom. The van der Waals surface area contributed by atoms with Crippen molar-refractivity contribution in [2.45, 2.75) is 25.0 Å². The number of hydrogen-bond acceptors (Lipinski definition) is 6. The predicted molar refractivity (Wildman–Crippen MR) is 114 cm³/mol. The van der Waals surface area contributed by atoms with E-state index in [0.717, 1.165) is 52.2 Å². The van der Waals surface area contributed by atoms with E-state index in [1.54, 1.807) is 12.1 Å². The van der Waals surface area contributed by atoms with Crippen molar-refractivity contribution in [3.05, 3.63) is 35.6 Å². The van der Waals surface area contributed by atoms with E-state index in [1.165, 1.54) is 12.1 Å². The molecule has 0 unspecified atom stereocenters. The predicted octanol–water partition coefficient (Wildman–Crippen LogP) is 1.07. The van der Waals surface area contributed by atoms with E-state index in [4.69, 9.17) is 9.47 Å². The highest BCUT2D eigenvalue weighted by molar-refractivity contribution is 5.94. The van der Waals surface area contributed by atoms with E-state index in [9.17, 15) is 14.3 Å². The van der Waals surface area contributed by atoms with Gasteiger partial charge >= 0.3 is 0 Å². The largest absolute Gasteiger partial charge is 0.390 e. The molecule has 8 heteroatoms. The van der Waals surface area contributed by atoms with Gasteiger partial charge in [-0.05, 0) is 43.0 Å². The molecular formula is C23H34FN3O4. The molecule has 7 nitrogen and oxygen atoms in total. The van der Waals surface area contributed by atoms with Crippen molar-refractivity contribution in [1.82, 2.24) is 14.7 Å². The maximum absolute atomic E-state index is 13.3. The number of ether oxygens (including phenoxy) is 2. The standard InChI is InChI=1S/C23H34FN3O4/c24-20-5-3-19(4-6-20)23(29)27(13-18-1-2-18)17-22-16-26(9-12-31-22)15-21(28)14-25-7-10-30-11-8-25/h3-6,18,21-22,28H,1-2,7-17H2/t21-,22+/m0/s1. The van der Waals surface area contributed by atoms with Crippen LogP contribution in [0.1, 0.15) is 23.2 Å². The van der Waals surface area contributed by atoms with Crippen LogP contribution >= 0.6 is 0 Å². The monoisotopic (exact) mass is 435 g/mol. The summed E-state index contributed by atoms with van der Waals surface area (Å²) < 4.78 is 24.6. The number of carbonyl (C=O) groups excluding carboxylic acids is 1. The number of rotatable bonds is 9. The number of halogens is 1. The lowest BCUT2D eigenvalue weighted by molar-refractivity contribution is -0.0557. The summed E-state index contributed by atoms with van der Waals surface area (Å²) in [6.45, 7) is 7.75. The molecule has 2 heterocycles. The molecule has 172 valence electrons. The molecule has 2 saturated heterocycles. The molecule has 31 heavy (non-hydrogen) atoms. The molecule has 1 aromatic rings. The molecule has 1 aliphatic carbocycles. The number of hydrogen-bond donors (Lipinski definition) is 1. The number of aliphatic hydroxyl groups is 1. The Kier molecular flexibility index (Phi) is 7.90. The van der Waals surface area contributed by atoms with Crippen LogP contribution in [0.2, 0.25) is 0 Å². The number of benzene rings is 1. The zero-order chi connectivity index (χ0) is 21.6. The van der Waals surface area contributed by atoms with Gasteiger partial charge in [-0.15, -0.1) is 0 Å². The summed E-state index contributed by atoms with van der Waals surface area (Å²) in [5, 5.41) is 10.5. The van der Waals surface area contributed by atoms with Gasteiger partial charge < -0.3 is 19.5 Å². The first kappa shape index (κ1) is 22.6. The van der Waals surface area contributed by atoms with Crippen LogP contribution < -0.4 is 0 Å². The first-order chi connectivity index (χ1) is 15.1. The molecule has 4 rings (SSSR count). The minimum absolute atomic E-state index is 0.0695. The number of amides is 1. The molecule has 1 N–H and O–H groups in total. The summed E-state index contributed by atoms with van der Waals surface area (Å²) in [5.41, 5.74) is 0.510. The molecule has 0 bridgehead atoms. The van der Waals surface area contributed by atoms with E-state index in [0.29, 0.717) is 44.3 Å². The molecule has 3 aliphatic rings. The summed E-state index contributed by atoms with van der Waals surface area (Å²) in [5.74, 6) is 0.145. The average molecular weight is 436 g/mol. The van der Waals surface area contributed by atoms with Gasteiger partial charge in [-0.2, -0.15) is 0 Å². The first-order valence-electron chi connectivity index (χ1n) is 11.4.